The third-order valence-electron chi connectivity index (χ3n) is 3.56. The molecule has 4 nitrogen and oxygen atoms in total. The van der Waals surface area contributed by atoms with Gasteiger partial charge in [0.25, 0.3) is 0 Å². The summed E-state index contributed by atoms with van der Waals surface area (Å²) in [5, 5.41) is 12.8. The van der Waals surface area contributed by atoms with E-state index in [9.17, 15) is 5.11 Å². The highest BCUT2D eigenvalue weighted by atomic mass is 16.3. The molecule has 1 saturated carbocycles. The monoisotopic (exact) mass is 257 g/mol. The highest BCUT2D eigenvalue weighted by Gasteiger charge is 2.20. The van der Waals surface area contributed by atoms with Crippen molar-refractivity contribution in [2.24, 2.45) is 0 Å². The van der Waals surface area contributed by atoms with Crippen LogP contribution < -0.4 is 5.32 Å². The topological polar surface area (TPSA) is 50.1 Å². The van der Waals surface area contributed by atoms with Gasteiger partial charge in [-0.05, 0) is 37.5 Å². The van der Waals surface area contributed by atoms with Gasteiger partial charge in [0.05, 0.1) is 5.69 Å². The summed E-state index contributed by atoms with van der Waals surface area (Å²) in [6.45, 7) is 3.71. The van der Waals surface area contributed by atoms with Crippen LogP contribution in [0.15, 0.2) is 30.5 Å². The van der Waals surface area contributed by atoms with Gasteiger partial charge in [-0.1, -0.05) is 12.1 Å². The Kier molecular flexibility index (Phi) is 3.25. The van der Waals surface area contributed by atoms with Gasteiger partial charge >= 0.3 is 0 Å². The van der Waals surface area contributed by atoms with E-state index in [1.807, 2.05) is 25.3 Å². The number of phenolic OH excluding ortho intramolecular Hbond substituents is 1. The van der Waals surface area contributed by atoms with Crippen LogP contribution in [0.3, 0.4) is 0 Å². The first-order valence-corrected chi connectivity index (χ1v) is 6.74. The summed E-state index contributed by atoms with van der Waals surface area (Å²) >= 11 is 0. The second-order valence-electron chi connectivity index (χ2n) is 5.20. The zero-order chi connectivity index (χ0) is 13.2. The molecule has 0 unspecified atom stereocenters. The van der Waals surface area contributed by atoms with E-state index in [1.165, 1.54) is 24.1 Å². The maximum Gasteiger partial charge on any atom is 0.115 e. The Balaban J connectivity index is 1.74. The number of nitrogens with one attached hydrogen (secondary N) is 1. The van der Waals surface area contributed by atoms with E-state index >= 15 is 0 Å². The quantitative estimate of drug-likeness (QED) is 0.863. The molecule has 4 heteroatoms. The van der Waals surface area contributed by atoms with Crippen molar-refractivity contribution in [3.63, 3.8) is 0 Å². The van der Waals surface area contributed by atoms with E-state index in [0.717, 1.165) is 18.9 Å². The van der Waals surface area contributed by atoms with Crippen molar-refractivity contribution in [3.05, 3.63) is 47.5 Å². The highest BCUT2D eigenvalue weighted by Crippen LogP contribution is 2.20. The average molecular weight is 257 g/mol. The average Bonchev–Trinajstić information content (AvgIpc) is 3.17. The van der Waals surface area contributed by atoms with Gasteiger partial charge in [-0.15, -0.1) is 0 Å². The summed E-state index contributed by atoms with van der Waals surface area (Å²) < 4.78 is 2.22. The van der Waals surface area contributed by atoms with Crippen molar-refractivity contribution in [3.8, 4) is 5.75 Å². The van der Waals surface area contributed by atoms with Crippen molar-refractivity contribution in [2.45, 2.75) is 38.9 Å². The number of phenols is 1. The predicted molar refractivity (Wildman–Crippen MR) is 74.0 cm³/mol. The Labute approximate surface area is 113 Å². The van der Waals surface area contributed by atoms with Crippen molar-refractivity contribution in [1.82, 2.24) is 14.9 Å². The summed E-state index contributed by atoms with van der Waals surface area (Å²) in [7, 11) is 0. The van der Waals surface area contributed by atoms with Gasteiger partial charge in [0, 0.05) is 25.3 Å². The first-order valence-electron chi connectivity index (χ1n) is 6.74. The van der Waals surface area contributed by atoms with Gasteiger partial charge in [0.15, 0.2) is 0 Å². The first kappa shape index (κ1) is 12.2. The fourth-order valence-electron chi connectivity index (χ4n) is 2.19. The van der Waals surface area contributed by atoms with Crippen LogP contribution in [-0.2, 0) is 13.1 Å². The molecule has 1 aromatic heterocycles. The predicted octanol–water partition coefficient (Wildman–Crippen LogP) is 2.20. The van der Waals surface area contributed by atoms with Gasteiger partial charge < -0.3 is 15.0 Å². The molecule has 0 aliphatic heterocycles. The molecule has 0 bridgehead atoms. The van der Waals surface area contributed by atoms with E-state index in [2.05, 4.69) is 14.9 Å². The molecule has 1 aliphatic rings. The second kappa shape index (κ2) is 5.05. The maximum atomic E-state index is 9.32. The fraction of sp³-hybridized carbons (Fsp3) is 0.400. The molecule has 19 heavy (non-hydrogen) atoms. The number of hydrogen-bond donors (Lipinski definition) is 2. The Morgan fingerprint density at radius 2 is 2.05 bits per heavy atom. The summed E-state index contributed by atoms with van der Waals surface area (Å²) in [6.07, 6.45) is 4.54. The number of aromatic hydroxyl groups is 1. The molecule has 0 amide bonds. The molecule has 2 aromatic rings. The summed E-state index contributed by atoms with van der Waals surface area (Å²) in [5.41, 5.74) is 2.39. The summed E-state index contributed by atoms with van der Waals surface area (Å²) in [5.74, 6) is 1.34. The third kappa shape index (κ3) is 2.96. The third-order valence-corrected chi connectivity index (χ3v) is 3.56. The smallest absolute Gasteiger partial charge is 0.115 e. The number of rotatable bonds is 5. The van der Waals surface area contributed by atoms with Crippen LogP contribution in [0.2, 0.25) is 0 Å². The number of nitrogens with zero attached hydrogens (tertiary/aromatic N) is 2. The highest BCUT2D eigenvalue weighted by molar-refractivity contribution is 5.26. The number of hydrogen-bond acceptors (Lipinski definition) is 3. The SMILES string of the molecule is Cc1ncc(CNC2CC2)n1Cc1ccc(O)cc1. The van der Waals surface area contributed by atoms with Gasteiger partial charge in [0.2, 0.25) is 0 Å². The largest absolute Gasteiger partial charge is 0.508 e. The van der Waals surface area contributed by atoms with Crippen LogP contribution in [0.5, 0.6) is 5.75 Å². The number of benzene rings is 1. The van der Waals surface area contributed by atoms with Gasteiger partial charge in [-0.2, -0.15) is 0 Å². The van der Waals surface area contributed by atoms with Crippen LogP contribution >= 0.6 is 0 Å². The lowest BCUT2D eigenvalue weighted by Gasteiger charge is -2.11. The molecule has 0 spiro atoms. The number of aryl methyl sites for hydroxylation is 1. The van der Waals surface area contributed by atoms with Crippen molar-refractivity contribution in [2.75, 3.05) is 0 Å². The molecule has 3 rings (SSSR count). The minimum atomic E-state index is 0.307. The Bertz CT molecular complexity index is 555. The molecule has 1 aromatic carbocycles. The Hall–Kier alpha value is -1.81. The van der Waals surface area contributed by atoms with E-state index in [0.29, 0.717) is 11.8 Å². The molecular weight excluding hydrogens is 238 g/mol. The van der Waals surface area contributed by atoms with Crippen molar-refractivity contribution < 1.29 is 5.11 Å². The van der Waals surface area contributed by atoms with Gasteiger partial charge in [0.1, 0.15) is 11.6 Å². The van der Waals surface area contributed by atoms with Crippen molar-refractivity contribution in [1.29, 1.82) is 0 Å². The molecule has 1 heterocycles. The van der Waals surface area contributed by atoms with Gasteiger partial charge in [-0.25, -0.2) is 4.98 Å². The lowest BCUT2D eigenvalue weighted by Crippen LogP contribution is -2.18. The van der Waals surface area contributed by atoms with E-state index < -0.39 is 0 Å². The molecule has 0 saturated heterocycles. The fourth-order valence-corrected chi connectivity index (χ4v) is 2.19. The number of imidazole rings is 1. The van der Waals surface area contributed by atoms with Crippen LogP contribution in [0.25, 0.3) is 0 Å². The molecule has 0 atom stereocenters. The second-order valence-corrected chi connectivity index (χ2v) is 5.20. The molecular formula is C15H19N3O. The maximum absolute atomic E-state index is 9.32. The minimum Gasteiger partial charge on any atom is -0.508 e. The lowest BCUT2D eigenvalue weighted by molar-refractivity contribution is 0.475. The van der Waals surface area contributed by atoms with E-state index in [1.54, 1.807) is 12.1 Å². The van der Waals surface area contributed by atoms with Crippen LogP contribution in [0.1, 0.15) is 29.9 Å². The van der Waals surface area contributed by atoms with Crippen LogP contribution in [0.4, 0.5) is 0 Å². The van der Waals surface area contributed by atoms with Gasteiger partial charge in [-0.3, -0.25) is 0 Å². The molecule has 1 aliphatic carbocycles. The zero-order valence-corrected chi connectivity index (χ0v) is 11.1. The number of aromatic nitrogens is 2. The Morgan fingerprint density at radius 1 is 1.32 bits per heavy atom. The standard InChI is InChI=1S/C15H19N3O/c1-11-16-8-14(9-17-13-4-5-13)18(11)10-12-2-6-15(19)7-3-12/h2-3,6-8,13,17,19H,4-5,9-10H2,1H3. The first-order chi connectivity index (χ1) is 9.22. The Morgan fingerprint density at radius 3 is 2.74 bits per heavy atom. The van der Waals surface area contributed by atoms with Crippen molar-refractivity contribution >= 4 is 0 Å². The summed E-state index contributed by atoms with van der Waals surface area (Å²) in [4.78, 5) is 4.40. The van der Waals surface area contributed by atoms with E-state index in [4.69, 9.17) is 0 Å². The minimum absolute atomic E-state index is 0.307. The molecule has 100 valence electrons. The summed E-state index contributed by atoms with van der Waals surface area (Å²) in [6, 6.07) is 8.06. The molecule has 0 radical (unpaired) electrons. The molecule has 1 fully saturated rings. The van der Waals surface area contributed by atoms with Crippen LogP contribution in [-0.4, -0.2) is 20.7 Å². The normalized spacial score (nSPS) is 14.8. The van der Waals surface area contributed by atoms with Crippen LogP contribution in [0, 0.1) is 6.92 Å². The zero-order valence-electron chi connectivity index (χ0n) is 11.1. The lowest BCUT2D eigenvalue weighted by atomic mass is 10.2. The van der Waals surface area contributed by atoms with E-state index in [-0.39, 0.29) is 0 Å². The molecule has 2 N–H and O–H groups in total.